The van der Waals surface area contributed by atoms with Crippen LogP contribution >= 0.6 is 0 Å². The van der Waals surface area contributed by atoms with Crippen molar-refractivity contribution in [3.05, 3.63) is 71.8 Å². The Morgan fingerprint density at radius 1 is 1.13 bits per heavy atom. The number of rotatable bonds is 11. The summed E-state index contributed by atoms with van der Waals surface area (Å²) in [6.45, 7) is 1.68. The number of nitrogens with zero attached hydrogens (tertiary/aromatic N) is 1. The molecule has 3 rings (SSSR count). The maximum atomic E-state index is 13.3. The van der Waals surface area contributed by atoms with Crippen LogP contribution in [0.15, 0.2) is 60.7 Å². The van der Waals surface area contributed by atoms with Crippen molar-refractivity contribution >= 4 is 11.8 Å². The molecular weight excluding hydrogens is 392 g/mol. The SMILES string of the molecule is [2H]N[C@@H](Cc1ccccc1)C(=O)N1C[C@H](OCc2ccccc2)C[C@H]1C(=O)NCCCN. The van der Waals surface area contributed by atoms with Crippen molar-refractivity contribution in [1.82, 2.24) is 10.2 Å². The topological polar surface area (TPSA) is 111 Å². The molecule has 7 heteroatoms. The molecule has 0 bridgehead atoms. The highest BCUT2D eigenvalue weighted by molar-refractivity contribution is 5.90. The number of nitrogens with one attached hydrogen (secondary N) is 1. The Morgan fingerprint density at radius 2 is 1.81 bits per heavy atom. The first-order chi connectivity index (χ1) is 15.6. The van der Waals surface area contributed by atoms with Crippen molar-refractivity contribution in [2.24, 2.45) is 11.5 Å². The largest absolute Gasteiger partial charge is 0.372 e. The summed E-state index contributed by atoms with van der Waals surface area (Å²) < 4.78 is 13.8. The van der Waals surface area contributed by atoms with Crippen LogP contribution in [0.3, 0.4) is 0 Å². The van der Waals surface area contributed by atoms with Gasteiger partial charge in [-0.1, -0.05) is 60.7 Å². The maximum absolute atomic E-state index is 13.3. The molecule has 0 aromatic heterocycles. The molecule has 0 unspecified atom stereocenters. The highest BCUT2D eigenvalue weighted by Crippen LogP contribution is 2.23. The van der Waals surface area contributed by atoms with E-state index in [0.29, 0.717) is 45.5 Å². The second-order valence-electron chi connectivity index (χ2n) is 7.84. The second-order valence-corrected chi connectivity index (χ2v) is 7.84. The van der Waals surface area contributed by atoms with Crippen LogP contribution < -0.4 is 16.8 Å². The molecule has 1 fully saturated rings. The van der Waals surface area contributed by atoms with E-state index in [2.05, 4.69) is 11.0 Å². The lowest BCUT2D eigenvalue weighted by Gasteiger charge is -2.26. The molecule has 1 saturated heterocycles. The molecule has 0 saturated carbocycles. The fraction of sp³-hybridized carbons (Fsp3) is 0.417. The number of ether oxygens (including phenoxy) is 1. The van der Waals surface area contributed by atoms with E-state index in [1.807, 2.05) is 60.7 Å². The number of likely N-dealkylation sites (tertiary alicyclic amines) is 1. The number of carbonyl (C=O) groups excluding carboxylic acids is 2. The van der Waals surface area contributed by atoms with Crippen molar-refractivity contribution in [2.75, 3.05) is 19.6 Å². The van der Waals surface area contributed by atoms with E-state index in [1.54, 1.807) is 4.90 Å². The number of hydrogen-bond acceptors (Lipinski definition) is 5. The summed E-state index contributed by atoms with van der Waals surface area (Å²) in [5.74, 6) is -0.477. The summed E-state index contributed by atoms with van der Waals surface area (Å²) in [5, 5.41) is 2.88. The molecule has 1 aliphatic heterocycles. The van der Waals surface area contributed by atoms with Crippen molar-refractivity contribution < 1.29 is 15.7 Å². The van der Waals surface area contributed by atoms with E-state index in [1.165, 1.54) is 0 Å². The summed E-state index contributed by atoms with van der Waals surface area (Å²) in [5.41, 5.74) is 9.90. The highest BCUT2D eigenvalue weighted by Gasteiger charge is 2.41. The average molecular weight is 426 g/mol. The molecule has 7 nitrogen and oxygen atoms in total. The van der Waals surface area contributed by atoms with Gasteiger partial charge in [-0.15, -0.1) is 0 Å². The normalized spacial score (nSPS) is 19.6. The third kappa shape index (κ3) is 6.62. The molecule has 0 radical (unpaired) electrons. The zero-order chi connectivity index (χ0) is 22.8. The molecule has 31 heavy (non-hydrogen) atoms. The minimum absolute atomic E-state index is 0.207. The molecule has 0 spiro atoms. The molecule has 1 heterocycles. The first-order valence-corrected chi connectivity index (χ1v) is 10.8. The fourth-order valence-electron chi connectivity index (χ4n) is 3.77. The lowest BCUT2D eigenvalue weighted by Crippen LogP contribution is -2.52. The van der Waals surface area contributed by atoms with Gasteiger partial charge in [0.15, 0.2) is 0 Å². The predicted octanol–water partition coefficient (Wildman–Crippen LogP) is 1.21. The molecule has 3 atom stereocenters. The van der Waals surface area contributed by atoms with Gasteiger partial charge in [-0.25, -0.2) is 0 Å². The quantitative estimate of drug-likeness (QED) is 0.469. The van der Waals surface area contributed by atoms with Crippen molar-refractivity contribution in [2.45, 2.75) is 44.1 Å². The van der Waals surface area contributed by atoms with E-state index in [4.69, 9.17) is 11.9 Å². The van der Waals surface area contributed by atoms with Crippen LogP contribution in [0.25, 0.3) is 0 Å². The van der Waals surface area contributed by atoms with E-state index in [0.717, 1.165) is 11.1 Å². The highest BCUT2D eigenvalue weighted by atomic mass is 16.5. The molecular formula is C24H32N4O3. The van der Waals surface area contributed by atoms with Gasteiger partial charge in [-0.3, -0.25) is 9.59 Å². The number of carbonyl (C=O) groups is 2. The number of nitrogens with two attached hydrogens (primary N) is 2. The lowest BCUT2D eigenvalue weighted by molar-refractivity contribution is -0.139. The van der Waals surface area contributed by atoms with Gasteiger partial charge in [0.1, 0.15) is 7.45 Å². The molecule has 0 aliphatic carbocycles. The Bertz CT molecular complexity index is 853. The molecule has 1 aliphatic rings. The second kappa shape index (κ2) is 11.6. The summed E-state index contributed by atoms with van der Waals surface area (Å²) in [6.07, 6.45) is 1.21. The molecule has 2 amide bonds. The van der Waals surface area contributed by atoms with Crippen molar-refractivity contribution in [1.29, 1.82) is 0 Å². The Hall–Kier alpha value is -2.74. The first kappa shape index (κ1) is 21.5. The van der Waals surface area contributed by atoms with E-state index in [-0.39, 0.29) is 17.9 Å². The number of benzene rings is 2. The summed E-state index contributed by atoms with van der Waals surface area (Å²) >= 11 is 0. The summed E-state index contributed by atoms with van der Waals surface area (Å²) in [6, 6.07) is 18.0. The van der Waals surface area contributed by atoms with Crippen LogP contribution in [0.1, 0.15) is 24.0 Å². The standard InChI is InChI=1S/C24H32N4O3/c25-12-7-13-27-23(29)22-15-20(31-17-19-10-5-2-6-11-19)16-28(22)24(30)21(26)14-18-8-3-1-4-9-18/h1-6,8-11,20-22H,7,12-17,25-26H2,(H,27,29)/t20-,21+,22+/m1/s1/i/hD. The van der Waals surface area contributed by atoms with Crippen LogP contribution in [-0.4, -0.2) is 54.5 Å². The van der Waals surface area contributed by atoms with E-state index < -0.39 is 12.1 Å². The van der Waals surface area contributed by atoms with Gasteiger partial charge < -0.3 is 26.4 Å². The van der Waals surface area contributed by atoms with E-state index in [9.17, 15) is 9.59 Å². The summed E-state index contributed by atoms with van der Waals surface area (Å²) in [4.78, 5) is 27.7. The van der Waals surface area contributed by atoms with Gasteiger partial charge >= 0.3 is 0 Å². The van der Waals surface area contributed by atoms with E-state index >= 15 is 0 Å². The van der Waals surface area contributed by atoms with Gasteiger partial charge in [-0.05, 0) is 30.5 Å². The molecule has 166 valence electrons. The zero-order valence-electron chi connectivity index (χ0n) is 18.7. The van der Waals surface area contributed by atoms with Gasteiger partial charge in [0.2, 0.25) is 11.8 Å². The fourth-order valence-corrected chi connectivity index (χ4v) is 3.77. The third-order valence-electron chi connectivity index (χ3n) is 5.44. The monoisotopic (exact) mass is 425 g/mol. The Balaban J connectivity index is 1.69. The Morgan fingerprint density at radius 3 is 2.45 bits per heavy atom. The zero-order valence-corrected chi connectivity index (χ0v) is 17.7. The first-order valence-electron chi connectivity index (χ1n) is 11.3. The number of amides is 2. The minimum Gasteiger partial charge on any atom is -0.372 e. The minimum atomic E-state index is -0.746. The maximum Gasteiger partial charge on any atom is 0.242 e. The van der Waals surface area contributed by atoms with Crippen LogP contribution in [0, 0.1) is 0 Å². The molecule has 2 aromatic carbocycles. The smallest absolute Gasteiger partial charge is 0.242 e. The Labute approximate surface area is 185 Å². The average Bonchev–Trinajstić information content (AvgIpc) is 3.27. The number of hydrogen-bond donors (Lipinski definition) is 3. The van der Waals surface area contributed by atoms with Crippen LogP contribution in [0.2, 0.25) is 1.41 Å². The molecule has 2 aromatic rings. The van der Waals surface area contributed by atoms with Crippen LogP contribution in [-0.2, 0) is 27.4 Å². The predicted molar refractivity (Wildman–Crippen MR) is 120 cm³/mol. The Kier molecular flexibility index (Phi) is 8.04. The van der Waals surface area contributed by atoms with Gasteiger partial charge in [0.05, 0.1) is 18.8 Å². The van der Waals surface area contributed by atoms with Crippen molar-refractivity contribution in [3.8, 4) is 0 Å². The van der Waals surface area contributed by atoms with Crippen LogP contribution in [0.4, 0.5) is 0 Å². The third-order valence-corrected chi connectivity index (χ3v) is 5.44. The summed E-state index contributed by atoms with van der Waals surface area (Å²) in [7, 11) is 0. The van der Waals surface area contributed by atoms with Gasteiger partial charge in [-0.2, -0.15) is 0 Å². The van der Waals surface area contributed by atoms with Crippen molar-refractivity contribution in [3.63, 3.8) is 0 Å². The van der Waals surface area contributed by atoms with Gasteiger partial charge in [0.25, 0.3) is 0 Å². The lowest BCUT2D eigenvalue weighted by atomic mass is 10.1. The molecule has 5 N–H and O–H groups in total. The van der Waals surface area contributed by atoms with Gasteiger partial charge in [0, 0.05) is 19.5 Å². The van der Waals surface area contributed by atoms with Crippen LogP contribution in [0.5, 0.6) is 0 Å².